The van der Waals surface area contributed by atoms with Gasteiger partial charge in [0, 0.05) is 18.2 Å². The van der Waals surface area contributed by atoms with Crippen molar-refractivity contribution < 1.29 is 17.7 Å². The summed E-state index contributed by atoms with van der Waals surface area (Å²) in [5, 5.41) is 6.25. The zero-order chi connectivity index (χ0) is 18.6. The molecular weight excluding hydrogens is 354 g/mol. The molecule has 1 aromatic heterocycles. The van der Waals surface area contributed by atoms with E-state index < -0.39 is 15.9 Å². The summed E-state index contributed by atoms with van der Waals surface area (Å²) in [5.74, 6) is 0.472. The maximum Gasteiger partial charge on any atom is 0.256 e. The molecule has 1 heterocycles. The Bertz CT molecular complexity index is 996. The van der Waals surface area contributed by atoms with Crippen LogP contribution in [0.15, 0.2) is 70.1 Å². The Hall–Kier alpha value is -2.97. The van der Waals surface area contributed by atoms with Crippen LogP contribution in [0.4, 0.5) is 5.82 Å². The summed E-state index contributed by atoms with van der Waals surface area (Å²) in [4.78, 5) is 12.2. The van der Waals surface area contributed by atoms with Gasteiger partial charge in [0.05, 0.1) is 4.90 Å². The lowest BCUT2D eigenvalue weighted by atomic mass is 10.2. The van der Waals surface area contributed by atoms with E-state index >= 15 is 0 Å². The molecule has 0 saturated heterocycles. The molecule has 0 saturated carbocycles. The molecule has 8 heteroatoms. The van der Waals surface area contributed by atoms with Crippen molar-refractivity contribution in [3.8, 4) is 0 Å². The zero-order valence-electron chi connectivity index (χ0n) is 14.0. The van der Waals surface area contributed by atoms with Crippen LogP contribution in [0.1, 0.15) is 21.7 Å². The summed E-state index contributed by atoms with van der Waals surface area (Å²) in [6, 6.07) is 16.5. The molecule has 1 amide bonds. The van der Waals surface area contributed by atoms with Crippen LogP contribution in [0.2, 0.25) is 0 Å². The number of hydrogen-bond acceptors (Lipinski definition) is 5. The number of aromatic nitrogens is 1. The molecular formula is C18H17N3O4S. The van der Waals surface area contributed by atoms with Gasteiger partial charge < -0.3 is 9.84 Å². The molecule has 3 rings (SSSR count). The number of sulfonamides is 1. The smallest absolute Gasteiger partial charge is 0.256 e. The average Bonchev–Trinajstić information content (AvgIpc) is 3.06. The van der Waals surface area contributed by atoms with E-state index in [9.17, 15) is 13.2 Å². The van der Waals surface area contributed by atoms with Crippen LogP contribution < -0.4 is 10.0 Å². The normalized spacial score (nSPS) is 11.3. The van der Waals surface area contributed by atoms with E-state index in [0.29, 0.717) is 17.1 Å². The number of aryl methyl sites for hydroxylation is 1. The van der Waals surface area contributed by atoms with E-state index in [-0.39, 0.29) is 11.4 Å². The summed E-state index contributed by atoms with van der Waals surface area (Å²) in [6.45, 7) is 1.90. The Morgan fingerprint density at radius 1 is 1.08 bits per heavy atom. The van der Waals surface area contributed by atoms with Crippen molar-refractivity contribution in [3.05, 3.63) is 77.6 Å². The van der Waals surface area contributed by atoms with Crippen molar-refractivity contribution >= 4 is 21.7 Å². The van der Waals surface area contributed by atoms with Crippen molar-refractivity contribution in [3.63, 3.8) is 0 Å². The first kappa shape index (κ1) is 17.8. The highest BCUT2D eigenvalue weighted by atomic mass is 32.2. The molecule has 2 N–H and O–H groups in total. The van der Waals surface area contributed by atoms with Crippen molar-refractivity contribution in [2.24, 2.45) is 0 Å². The maximum absolute atomic E-state index is 12.3. The minimum atomic E-state index is -3.67. The second kappa shape index (κ2) is 7.51. The lowest BCUT2D eigenvalue weighted by Crippen LogP contribution is -2.23. The van der Waals surface area contributed by atoms with Gasteiger partial charge in [-0.05, 0) is 36.8 Å². The van der Waals surface area contributed by atoms with Crippen LogP contribution in [-0.4, -0.2) is 19.5 Å². The van der Waals surface area contributed by atoms with E-state index in [1.54, 1.807) is 13.0 Å². The number of carbonyl (C=O) groups is 1. The van der Waals surface area contributed by atoms with Crippen molar-refractivity contribution in [1.29, 1.82) is 0 Å². The number of nitrogens with one attached hydrogen (secondary N) is 2. The summed E-state index contributed by atoms with van der Waals surface area (Å²) in [5.41, 5.74) is 1.17. The fraction of sp³-hybridized carbons (Fsp3) is 0.111. The highest BCUT2D eigenvalue weighted by Crippen LogP contribution is 2.14. The van der Waals surface area contributed by atoms with Crippen LogP contribution >= 0.6 is 0 Å². The average molecular weight is 371 g/mol. The molecule has 0 unspecified atom stereocenters. The van der Waals surface area contributed by atoms with Gasteiger partial charge in [0.15, 0.2) is 5.82 Å². The van der Waals surface area contributed by atoms with E-state index in [1.807, 2.05) is 30.3 Å². The van der Waals surface area contributed by atoms with E-state index in [2.05, 4.69) is 15.2 Å². The Labute approximate surface area is 151 Å². The van der Waals surface area contributed by atoms with Gasteiger partial charge in [0.25, 0.3) is 5.91 Å². The van der Waals surface area contributed by atoms with Gasteiger partial charge in [-0.15, -0.1) is 0 Å². The third kappa shape index (κ3) is 4.35. The minimum absolute atomic E-state index is 0.0854. The number of nitrogens with zero attached hydrogens (tertiary/aromatic N) is 1. The molecule has 2 aromatic carbocycles. The summed E-state index contributed by atoms with van der Waals surface area (Å²) < 4.78 is 32.1. The first-order valence-electron chi connectivity index (χ1n) is 7.82. The van der Waals surface area contributed by atoms with Gasteiger partial charge in [-0.3, -0.25) is 4.79 Å². The fourth-order valence-electron chi connectivity index (χ4n) is 2.26. The van der Waals surface area contributed by atoms with Gasteiger partial charge in [-0.2, -0.15) is 0 Å². The van der Waals surface area contributed by atoms with Gasteiger partial charge in [-0.25, -0.2) is 13.1 Å². The molecule has 0 radical (unpaired) electrons. The van der Waals surface area contributed by atoms with Gasteiger partial charge in [0.2, 0.25) is 10.0 Å². The summed E-state index contributed by atoms with van der Waals surface area (Å²) >= 11 is 0. The molecule has 0 fully saturated rings. The lowest BCUT2D eigenvalue weighted by Gasteiger charge is -2.08. The first-order chi connectivity index (χ1) is 12.4. The van der Waals surface area contributed by atoms with Crippen LogP contribution in [0.25, 0.3) is 0 Å². The number of carbonyl (C=O) groups excluding carboxylic acids is 1. The largest absolute Gasteiger partial charge is 0.360 e. The number of benzene rings is 2. The van der Waals surface area contributed by atoms with E-state index in [1.165, 1.54) is 24.3 Å². The van der Waals surface area contributed by atoms with Gasteiger partial charge >= 0.3 is 0 Å². The molecule has 3 aromatic rings. The van der Waals surface area contributed by atoms with E-state index in [4.69, 9.17) is 4.52 Å². The molecule has 0 bridgehead atoms. The van der Waals surface area contributed by atoms with E-state index in [0.717, 1.165) is 5.56 Å². The van der Waals surface area contributed by atoms with Crippen LogP contribution in [-0.2, 0) is 16.6 Å². The van der Waals surface area contributed by atoms with Crippen LogP contribution in [0.3, 0.4) is 0 Å². The number of hydrogen-bond donors (Lipinski definition) is 2. The third-order valence-electron chi connectivity index (χ3n) is 3.61. The summed E-state index contributed by atoms with van der Waals surface area (Å²) in [7, 11) is -3.67. The molecule has 134 valence electrons. The van der Waals surface area contributed by atoms with Gasteiger partial charge in [0.1, 0.15) is 5.76 Å². The Kier molecular flexibility index (Phi) is 5.15. The molecule has 0 atom stereocenters. The SMILES string of the molecule is Cc1cc(NC(=O)c2ccc(S(=O)(=O)NCc3ccccc3)cc2)no1. The topological polar surface area (TPSA) is 101 Å². The quantitative estimate of drug-likeness (QED) is 0.694. The predicted molar refractivity (Wildman–Crippen MR) is 96.1 cm³/mol. The monoisotopic (exact) mass is 371 g/mol. The molecule has 0 aliphatic rings. The summed E-state index contributed by atoms with van der Waals surface area (Å²) in [6.07, 6.45) is 0. The standard InChI is InChI=1S/C18H17N3O4S/c1-13-11-17(21-25-13)20-18(22)15-7-9-16(10-8-15)26(23,24)19-12-14-5-3-2-4-6-14/h2-11,19H,12H2,1H3,(H,20,21,22). The van der Waals surface area contributed by atoms with Crippen LogP contribution in [0.5, 0.6) is 0 Å². The molecule has 0 aliphatic carbocycles. The maximum atomic E-state index is 12.3. The predicted octanol–water partition coefficient (Wildman–Crippen LogP) is 2.71. The Balaban J connectivity index is 1.67. The van der Waals surface area contributed by atoms with Crippen LogP contribution in [0, 0.1) is 6.92 Å². The number of amides is 1. The minimum Gasteiger partial charge on any atom is -0.360 e. The highest BCUT2D eigenvalue weighted by molar-refractivity contribution is 7.89. The lowest BCUT2D eigenvalue weighted by molar-refractivity contribution is 0.102. The third-order valence-corrected chi connectivity index (χ3v) is 5.02. The number of rotatable bonds is 6. The number of anilines is 1. The molecule has 0 spiro atoms. The molecule has 0 aliphatic heterocycles. The second-order valence-corrected chi connectivity index (χ2v) is 7.38. The Morgan fingerprint density at radius 2 is 1.77 bits per heavy atom. The van der Waals surface area contributed by atoms with Gasteiger partial charge in [-0.1, -0.05) is 35.5 Å². The highest BCUT2D eigenvalue weighted by Gasteiger charge is 2.15. The Morgan fingerprint density at radius 3 is 2.38 bits per heavy atom. The molecule has 7 nitrogen and oxygen atoms in total. The zero-order valence-corrected chi connectivity index (χ0v) is 14.8. The van der Waals surface area contributed by atoms with Crippen molar-refractivity contribution in [2.45, 2.75) is 18.4 Å². The van der Waals surface area contributed by atoms with Crippen molar-refractivity contribution in [2.75, 3.05) is 5.32 Å². The second-order valence-electron chi connectivity index (χ2n) is 5.61. The first-order valence-corrected chi connectivity index (χ1v) is 9.31. The fourth-order valence-corrected chi connectivity index (χ4v) is 3.27. The molecule has 26 heavy (non-hydrogen) atoms. The van der Waals surface area contributed by atoms with Crippen molar-refractivity contribution in [1.82, 2.24) is 9.88 Å².